The normalized spacial score (nSPS) is 28.5. The molecule has 0 radical (unpaired) electrons. The molecular formula is C13H16O2. The third kappa shape index (κ3) is 1.76. The molecule has 0 saturated heterocycles. The Kier molecular flexibility index (Phi) is 2.51. The van der Waals surface area contributed by atoms with Gasteiger partial charge in [-0.3, -0.25) is 4.79 Å². The van der Waals surface area contributed by atoms with Crippen LogP contribution >= 0.6 is 0 Å². The number of hydrogen-bond donors (Lipinski definition) is 0. The van der Waals surface area contributed by atoms with E-state index in [2.05, 4.69) is 19.1 Å². The monoisotopic (exact) mass is 204 g/mol. The summed E-state index contributed by atoms with van der Waals surface area (Å²) in [4.78, 5) is 11.6. The van der Waals surface area contributed by atoms with E-state index < -0.39 is 0 Å². The van der Waals surface area contributed by atoms with Crippen LogP contribution in [0.3, 0.4) is 0 Å². The molecule has 0 spiro atoms. The number of carbonyl (C=O) groups excluding carboxylic acids is 1. The number of benzene rings is 1. The van der Waals surface area contributed by atoms with Gasteiger partial charge in [0, 0.05) is 5.41 Å². The molecule has 2 rings (SSSR count). The molecule has 0 aromatic heterocycles. The van der Waals surface area contributed by atoms with Crippen molar-refractivity contribution in [2.75, 3.05) is 6.61 Å². The molecule has 1 fully saturated rings. The minimum absolute atomic E-state index is 0.00745. The second-order valence-corrected chi connectivity index (χ2v) is 4.29. The van der Waals surface area contributed by atoms with Crippen LogP contribution in [0.2, 0.25) is 0 Å². The second kappa shape index (κ2) is 3.69. The fourth-order valence-corrected chi connectivity index (χ4v) is 2.09. The van der Waals surface area contributed by atoms with Crippen molar-refractivity contribution >= 4 is 5.97 Å². The van der Waals surface area contributed by atoms with Gasteiger partial charge in [-0.1, -0.05) is 37.3 Å². The van der Waals surface area contributed by atoms with E-state index in [1.807, 2.05) is 25.1 Å². The molecule has 1 unspecified atom stereocenters. The first kappa shape index (κ1) is 10.2. The molecule has 2 heteroatoms. The van der Waals surface area contributed by atoms with Crippen molar-refractivity contribution < 1.29 is 9.53 Å². The average molecular weight is 204 g/mol. The van der Waals surface area contributed by atoms with Gasteiger partial charge in [0.25, 0.3) is 0 Å². The van der Waals surface area contributed by atoms with E-state index in [9.17, 15) is 4.79 Å². The van der Waals surface area contributed by atoms with Crippen LogP contribution in [0.4, 0.5) is 0 Å². The quantitative estimate of drug-likeness (QED) is 0.707. The zero-order valence-corrected chi connectivity index (χ0v) is 9.19. The molecule has 80 valence electrons. The molecule has 0 aliphatic heterocycles. The van der Waals surface area contributed by atoms with Gasteiger partial charge in [0.1, 0.15) is 0 Å². The Morgan fingerprint density at radius 3 is 2.73 bits per heavy atom. The van der Waals surface area contributed by atoms with Crippen LogP contribution in [0.15, 0.2) is 30.3 Å². The second-order valence-electron chi connectivity index (χ2n) is 4.29. The highest BCUT2D eigenvalue weighted by Crippen LogP contribution is 2.54. The Morgan fingerprint density at radius 2 is 2.13 bits per heavy atom. The summed E-state index contributed by atoms with van der Waals surface area (Å²) >= 11 is 0. The van der Waals surface area contributed by atoms with Gasteiger partial charge >= 0.3 is 5.97 Å². The zero-order valence-electron chi connectivity index (χ0n) is 9.19. The summed E-state index contributed by atoms with van der Waals surface area (Å²) in [5.74, 6) is 0.00343. The highest BCUT2D eigenvalue weighted by Gasteiger charge is 2.56. The van der Waals surface area contributed by atoms with Gasteiger partial charge in [0.2, 0.25) is 0 Å². The van der Waals surface area contributed by atoms with Crippen molar-refractivity contribution in [3.63, 3.8) is 0 Å². The molecule has 15 heavy (non-hydrogen) atoms. The van der Waals surface area contributed by atoms with E-state index in [0.717, 1.165) is 6.42 Å². The van der Waals surface area contributed by atoms with Crippen molar-refractivity contribution in [2.24, 2.45) is 5.92 Å². The third-order valence-electron chi connectivity index (χ3n) is 3.24. The first-order valence-corrected chi connectivity index (χ1v) is 5.40. The topological polar surface area (TPSA) is 26.3 Å². The minimum atomic E-state index is -0.0520. The third-order valence-corrected chi connectivity index (χ3v) is 3.24. The number of esters is 1. The molecular weight excluding hydrogens is 188 g/mol. The lowest BCUT2D eigenvalue weighted by atomic mass is 9.96. The Balaban J connectivity index is 2.10. The molecule has 1 aromatic rings. The predicted molar refractivity (Wildman–Crippen MR) is 58.5 cm³/mol. The maximum Gasteiger partial charge on any atom is 0.309 e. The molecule has 1 aliphatic rings. The van der Waals surface area contributed by atoms with Crippen molar-refractivity contribution in [1.82, 2.24) is 0 Å². The molecule has 2 atom stereocenters. The average Bonchev–Trinajstić information content (AvgIpc) is 2.94. The Labute approximate surface area is 90.3 Å². The van der Waals surface area contributed by atoms with E-state index in [0.29, 0.717) is 6.61 Å². The zero-order chi connectivity index (χ0) is 10.9. The van der Waals surface area contributed by atoms with Crippen molar-refractivity contribution in [3.05, 3.63) is 35.9 Å². The summed E-state index contributed by atoms with van der Waals surface area (Å²) in [6.45, 7) is 4.45. The number of ether oxygens (including phenoxy) is 1. The smallest absolute Gasteiger partial charge is 0.309 e. The molecule has 0 amide bonds. The lowest BCUT2D eigenvalue weighted by Crippen LogP contribution is -2.14. The van der Waals surface area contributed by atoms with Crippen LogP contribution in [-0.2, 0) is 14.9 Å². The SMILES string of the molecule is CCOC(=O)C1C[C@@]1(C)c1ccccc1. The van der Waals surface area contributed by atoms with Gasteiger partial charge in [-0.25, -0.2) is 0 Å². The first-order valence-electron chi connectivity index (χ1n) is 5.40. The summed E-state index contributed by atoms with van der Waals surface area (Å²) in [5, 5.41) is 0. The van der Waals surface area contributed by atoms with Crippen LogP contribution in [0.1, 0.15) is 25.8 Å². The summed E-state index contributed by atoms with van der Waals surface area (Å²) in [7, 11) is 0. The van der Waals surface area contributed by atoms with Gasteiger partial charge in [0.05, 0.1) is 12.5 Å². The summed E-state index contributed by atoms with van der Waals surface area (Å²) in [6.07, 6.45) is 0.913. The Hall–Kier alpha value is -1.31. The molecule has 2 nitrogen and oxygen atoms in total. The Bertz CT molecular complexity index is 358. The van der Waals surface area contributed by atoms with Gasteiger partial charge in [0.15, 0.2) is 0 Å². The van der Waals surface area contributed by atoms with Gasteiger partial charge in [-0.05, 0) is 18.9 Å². The molecule has 0 heterocycles. The molecule has 1 saturated carbocycles. The largest absolute Gasteiger partial charge is 0.466 e. The van der Waals surface area contributed by atoms with E-state index in [1.54, 1.807) is 0 Å². The lowest BCUT2D eigenvalue weighted by molar-refractivity contribution is -0.145. The molecule has 1 aromatic carbocycles. The Morgan fingerprint density at radius 1 is 1.47 bits per heavy atom. The molecule has 0 bridgehead atoms. The number of rotatable bonds is 3. The van der Waals surface area contributed by atoms with Crippen LogP contribution < -0.4 is 0 Å². The minimum Gasteiger partial charge on any atom is -0.466 e. The van der Waals surface area contributed by atoms with Crippen molar-refractivity contribution in [1.29, 1.82) is 0 Å². The van der Waals surface area contributed by atoms with Crippen LogP contribution in [0.5, 0.6) is 0 Å². The summed E-state index contributed by atoms with van der Waals surface area (Å²) in [6, 6.07) is 10.2. The van der Waals surface area contributed by atoms with Crippen molar-refractivity contribution in [2.45, 2.75) is 25.7 Å². The molecule has 0 N–H and O–H groups in total. The van der Waals surface area contributed by atoms with E-state index in [4.69, 9.17) is 4.74 Å². The standard InChI is InChI=1S/C13H16O2/c1-3-15-12(14)11-9-13(11,2)10-7-5-4-6-8-10/h4-8,11H,3,9H2,1-2H3/t11?,13-/m0/s1. The highest BCUT2D eigenvalue weighted by molar-refractivity contribution is 5.79. The predicted octanol–water partition coefficient (Wildman–Crippen LogP) is 2.53. The number of hydrogen-bond acceptors (Lipinski definition) is 2. The van der Waals surface area contributed by atoms with Gasteiger partial charge < -0.3 is 4.74 Å². The van der Waals surface area contributed by atoms with Crippen molar-refractivity contribution in [3.8, 4) is 0 Å². The molecule has 1 aliphatic carbocycles. The number of carbonyl (C=O) groups is 1. The van der Waals surface area contributed by atoms with E-state index in [1.165, 1.54) is 5.56 Å². The van der Waals surface area contributed by atoms with E-state index in [-0.39, 0.29) is 17.3 Å². The van der Waals surface area contributed by atoms with Crippen LogP contribution in [-0.4, -0.2) is 12.6 Å². The summed E-state index contributed by atoms with van der Waals surface area (Å²) in [5.41, 5.74) is 1.25. The first-order chi connectivity index (χ1) is 7.18. The summed E-state index contributed by atoms with van der Waals surface area (Å²) < 4.78 is 5.04. The maximum absolute atomic E-state index is 11.6. The van der Waals surface area contributed by atoms with Gasteiger partial charge in [-0.15, -0.1) is 0 Å². The highest BCUT2D eigenvalue weighted by atomic mass is 16.5. The van der Waals surface area contributed by atoms with Gasteiger partial charge in [-0.2, -0.15) is 0 Å². The van der Waals surface area contributed by atoms with Crippen LogP contribution in [0.25, 0.3) is 0 Å². The fraction of sp³-hybridized carbons (Fsp3) is 0.462. The lowest BCUT2D eigenvalue weighted by Gasteiger charge is -2.10. The van der Waals surface area contributed by atoms with E-state index >= 15 is 0 Å². The fourth-order valence-electron chi connectivity index (χ4n) is 2.09. The maximum atomic E-state index is 11.6. The van der Waals surface area contributed by atoms with Crippen LogP contribution in [0, 0.1) is 5.92 Å².